The summed E-state index contributed by atoms with van der Waals surface area (Å²) in [4.78, 5) is 26.6. The van der Waals surface area contributed by atoms with Gasteiger partial charge < -0.3 is 25.0 Å². The van der Waals surface area contributed by atoms with E-state index in [0.29, 0.717) is 13.1 Å². The van der Waals surface area contributed by atoms with E-state index in [1.54, 1.807) is 4.90 Å². The SMILES string of the molecule is COCC(NC(=O)N1CCCN(C)CC1)C(=O)O. The molecule has 1 saturated heterocycles. The van der Waals surface area contributed by atoms with E-state index >= 15 is 0 Å². The van der Waals surface area contributed by atoms with Crippen molar-refractivity contribution in [2.24, 2.45) is 0 Å². The molecule has 7 nitrogen and oxygen atoms in total. The molecule has 1 aliphatic rings. The molecule has 7 heteroatoms. The Balaban J connectivity index is 2.49. The second-order valence-corrected chi connectivity index (χ2v) is 4.44. The number of carbonyl (C=O) groups excluding carboxylic acids is 1. The number of nitrogens with zero attached hydrogens (tertiary/aromatic N) is 2. The first-order valence-electron chi connectivity index (χ1n) is 6.00. The third-order valence-electron chi connectivity index (χ3n) is 2.94. The Morgan fingerprint density at radius 2 is 2.06 bits per heavy atom. The number of hydrogen-bond acceptors (Lipinski definition) is 4. The molecule has 0 aromatic rings. The number of carbonyl (C=O) groups is 2. The summed E-state index contributed by atoms with van der Waals surface area (Å²) in [5.41, 5.74) is 0. The lowest BCUT2D eigenvalue weighted by atomic mass is 10.3. The molecule has 0 radical (unpaired) electrons. The van der Waals surface area contributed by atoms with Crippen molar-refractivity contribution in [1.29, 1.82) is 0 Å². The van der Waals surface area contributed by atoms with Crippen molar-refractivity contribution in [1.82, 2.24) is 15.1 Å². The predicted molar refractivity (Wildman–Crippen MR) is 65.5 cm³/mol. The van der Waals surface area contributed by atoms with Crippen molar-refractivity contribution in [3.8, 4) is 0 Å². The summed E-state index contributed by atoms with van der Waals surface area (Å²) >= 11 is 0. The number of urea groups is 1. The van der Waals surface area contributed by atoms with Gasteiger partial charge in [0, 0.05) is 26.7 Å². The monoisotopic (exact) mass is 259 g/mol. The maximum Gasteiger partial charge on any atom is 0.328 e. The molecule has 1 aliphatic heterocycles. The number of aliphatic carboxylic acids is 1. The lowest BCUT2D eigenvalue weighted by molar-refractivity contribution is -0.140. The summed E-state index contributed by atoms with van der Waals surface area (Å²) in [5.74, 6) is -1.09. The zero-order valence-corrected chi connectivity index (χ0v) is 10.9. The summed E-state index contributed by atoms with van der Waals surface area (Å²) in [5, 5.41) is 11.4. The quantitative estimate of drug-likeness (QED) is 0.707. The minimum absolute atomic E-state index is 0.0329. The van der Waals surface area contributed by atoms with Crippen molar-refractivity contribution >= 4 is 12.0 Å². The third kappa shape index (κ3) is 4.50. The topological polar surface area (TPSA) is 82.1 Å². The van der Waals surface area contributed by atoms with Crippen LogP contribution in [-0.4, -0.2) is 79.9 Å². The van der Waals surface area contributed by atoms with Crippen molar-refractivity contribution < 1.29 is 19.4 Å². The molecule has 1 fully saturated rings. The van der Waals surface area contributed by atoms with Crippen LogP contribution in [0, 0.1) is 0 Å². The van der Waals surface area contributed by atoms with Crippen molar-refractivity contribution in [3.63, 3.8) is 0 Å². The molecule has 0 spiro atoms. The third-order valence-corrected chi connectivity index (χ3v) is 2.94. The van der Waals surface area contributed by atoms with E-state index in [0.717, 1.165) is 19.5 Å². The van der Waals surface area contributed by atoms with E-state index in [4.69, 9.17) is 9.84 Å². The molecule has 1 unspecified atom stereocenters. The highest BCUT2D eigenvalue weighted by atomic mass is 16.5. The second kappa shape index (κ2) is 7.17. The number of carboxylic acid groups (broad SMARTS) is 1. The second-order valence-electron chi connectivity index (χ2n) is 4.44. The predicted octanol–water partition coefficient (Wildman–Crippen LogP) is -0.567. The Kier molecular flexibility index (Phi) is 5.87. The molecule has 1 rings (SSSR count). The maximum atomic E-state index is 11.9. The van der Waals surface area contributed by atoms with Crippen LogP contribution in [0.3, 0.4) is 0 Å². The Labute approximate surface area is 107 Å². The fourth-order valence-electron chi connectivity index (χ4n) is 1.83. The van der Waals surface area contributed by atoms with Crippen molar-refractivity contribution in [3.05, 3.63) is 0 Å². The van der Waals surface area contributed by atoms with Gasteiger partial charge in [0.1, 0.15) is 0 Å². The molecular formula is C11H21N3O4. The molecule has 1 heterocycles. The van der Waals surface area contributed by atoms with Gasteiger partial charge in [0.15, 0.2) is 6.04 Å². The van der Waals surface area contributed by atoms with E-state index in [2.05, 4.69) is 10.2 Å². The van der Waals surface area contributed by atoms with E-state index < -0.39 is 12.0 Å². The Bertz CT molecular complexity index is 298. The number of rotatable bonds is 4. The molecule has 0 aromatic carbocycles. The lowest BCUT2D eigenvalue weighted by Crippen LogP contribution is -2.50. The van der Waals surface area contributed by atoms with Gasteiger partial charge in [0.25, 0.3) is 0 Å². The minimum atomic E-state index is -1.09. The summed E-state index contributed by atoms with van der Waals surface area (Å²) < 4.78 is 4.77. The highest BCUT2D eigenvalue weighted by Gasteiger charge is 2.24. The average molecular weight is 259 g/mol. The first kappa shape index (κ1) is 14.7. The van der Waals surface area contributed by atoms with Crippen LogP contribution >= 0.6 is 0 Å². The van der Waals surface area contributed by atoms with Crippen LogP contribution in [0.5, 0.6) is 0 Å². The fourth-order valence-corrected chi connectivity index (χ4v) is 1.83. The molecule has 18 heavy (non-hydrogen) atoms. The number of nitrogens with one attached hydrogen (secondary N) is 1. The molecule has 2 amide bonds. The fraction of sp³-hybridized carbons (Fsp3) is 0.818. The van der Waals surface area contributed by atoms with Gasteiger partial charge in [-0.3, -0.25) is 0 Å². The van der Waals surface area contributed by atoms with Crippen LogP contribution in [0.15, 0.2) is 0 Å². The van der Waals surface area contributed by atoms with Crippen molar-refractivity contribution in [2.75, 3.05) is 46.9 Å². The number of amides is 2. The maximum absolute atomic E-state index is 11.9. The van der Waals surface area contributed by atoms with Gasteiger partial charge in [-0.15, -0.1) is 0 Å². The summed E-state index contributed by atoms with van der Waals surface area (Å²) in [7, 11) is 3.41. The van der Waals surface area contributed by atoms with E-state index in [-0.39, 0.29) is 12.6 Å². The highest BCUT2D eigenvalue weighted by molar-refractivity contribution is 5.82. The molecule has 0 aromatic heterocycles. The van der Waals surface area contributed by atoms with Crippen LogP contribution < -0.4 is 5.32 Å². The Morgan fingerprint density at radius 3 is 2.67 bits per heavy atom. The van der Waals surface area contributed by atoms with Gasteiger partial charge in [-0.05, 0) is 20.0 Å². The van der Waals surface area contributed by atoms with Gasteiger partial charge in [-0.2, -0.15) is 0 Å². The number of ether oxygens (including phenoxy) is 1. The highest BCUT2D eigenvalue weighted by Crippen LogP contribution is 2.02. The zero-order chi connectivity index (χ0) is 13.5. The minimum Gasteiger partial charge on any atom is -0.480 e. The van der Waals surface area contributed by atoms with Crippen LogP contribution in [0.4, 0.5) is 4.79 Å². The number of methoxy groups -OCH3 is 1. The molecule has 2 N–H and O–H groups in total. The molecule has 0 saturated carbocycles. The number of carboxylic acids is 1. The first-order valence-corrected chi connectivity index (χ1v) is 6.00. The van der Waals surface area contributed by atoms with E-state index in [1.165, 1.54) is 7.11 Å². The zero-order valence-electron chi connectivity index (χ0n) is 10.9. The van der Waals surface area contributed by atoms with E-state index in [1.807, 2.05) is 7.05 Å². The van der Waals surface area contributed by atoms with Gasteiger partial charge in [0.2, 0.25) is 0 Å². The molecule has 0 bridgehead atoms. The van der Waals surface area contributed by atoms with Crippen LogP contribution in [-0.2, 0) is 9.53 Å². The summed E-state index contributed by atoms with van der Waals surface area (Å²) in [6.45, 7) is 2.98. The smallest absolute Gasteiger partial charge is 0.328 e. The normalized spacial score (nSPS) is 19.1. The van der Waals surface area contributed by atoms with E-state index in [9.17, 15) is 9.59 Å². The first-order chi connectivity index (χ1) is 8.54. The van der Waals surface area contributed by atoms with Gasteiger partial charge >= 0.3 is 12.0 Å². The van der Waals surface area contributed by atoms with Crippen LogP contribution in [0.2, 0.25) is 0 Å². The van der Waals surface area contributed by atoms with Gasteiger partial charge in [-0.25, -0.2) is 9.59 Å². The number of hydrogen-bond donors (Lipinski definition) is 2. The average Bonchev–Trinajstić information content (AvgIpc) is 2.53. The summed E-state index contributed by atoms with van der Waals surface area (Å²) in [6.07, 6.45) is 0.895. The standard InChI is InChI=1S/C11H21N3O4/c1-13-4-3-5-14(7-6-13)11(17)12-9(8-18-2)10(15)16/h9H,3-8H2,1-2H3,(H,12,17)(H,15,16). The number of likely N-dealkylation sites (N-methyl/N-ethyl adjacent to an activating group) is 1. The largest absolute Gasteiger partial charge is 0.480 e. The Morgan fingerprint density at radius 1 is 1.33 bits per heavy atom. The molecule has 104 valence electrons. The van der Waals surface area contributed by atoms with Crippen molar-refractivity contribution in [2.45, 2.75) is 12.5 Å². The van der Waals surface area contributed by atoms with Gasteiger partial charge in [0.05, 0.1) is 6.61 Å². The Hall–Kier alpha value is -1.34. The molecule has 0 aliphatic carbocycles. The van der Waals surface area contributed by atoms with Crippen LogP contribution in [0.25, 0.3) is 0 Å². The summed E-state index contributed by atoms with van der Waals surface area (Å²) in [6, 6.07) is -1.33. The van der Waals surface area contributed by atoms with Gasteiger partial charge in [-0.1, -0.05) is 0 Å². The molecule has 1 atom stereocenters. The van der Waals surface area contributed by atoms with Crippen LogP contribution in [0.1, 0.15) is 6.42 Å². The molecular weight excluding hydrogens is 238 g/mol. The lowest BCUT2D eigenvalue weighted by Gasteiger charge is -2.23.